The lowest BCUT2D eigenvalue weighted by Gasteiger charge is -2.33. The Balaban J connectivity index is 1.81. The zero-order valence-electron chi connectivity index (χ0n) is 14.2. The van der Waals surface area contributed by atoms with Crippen LogP contribution in [0.25, 0.3) is 10.2 Å². The van der Waals surface area contributed by atoms with E-state index in [1.807, 2.05) is 29.6 Å². The van der Waals surface area contributed by atoms with E-state index in [0.717, 1.165) is 46.7 Å². The molecule has 3 rings (SSSR count). The Hall–Kier alpha value is -1.40. The average molecular weight is 335 g/mol. The number of aryl methyl sites for hydroxylation is 1. The van der Waals surface area contributed by atoms with E-state index in [2.05, 4.69) is 18.9 Å². The van der Waals surface area contributed by atoms with Crippen LogP contribution in [0.3, 0.4) is 0 Å². The van der Waals surface area contributed by atoms with Crippen LogP contribution >= 0.6 is 11.3 Å². The second-order valence-electron chi connectivity index (χ2n) is 6.86. The van der Waals surface area contributed by atoms with E-state index >= 15 is 0 Å². The molecule has 1 N–H and O–H groups in total. The molecular formula is C17H25N3O2S. The summed E-state index contributed by atoms with van der Waals surface area (Å²) in [5, 5.41) is 15.4. The monoisotopic (exact) mass is 335 g/mol. The lowest BCUT2D eigenvalue weighted by Crippen LogP contribution is -2.40. The van der Waals surface area contributed by atoms with E-state index in [9.17, 15) is 9.90 Å². The van der Waals surface area contributed by atoms with Gasteiger partial charge in [-0.2, -0.15) is 5.10 Å². The fourth-order valence-electron chi connectivity index (χ4n) is 3.34. The number of aromatic nitrogens is 2. The van der Waals surface area contributed by atoms with Crippen LogP contribution in [-0.4, -0.2) is 44.9 Å². The number of rotatable bonds is 3. The van der Waals surface area contributed by atoms with Crippen LogP contribution in [-0.2, 0) is 7.05 Å². The number of aliphatic hydroxyl groups excluding tert-OH is 1. The smallest absolute Gasteiger partial charge is 0.264 e. The van der Waals surface area contributed by atoms with Crippen molar-refractivity contribution in [2.45, 2.75) is 45.6 Å². The molecule has 1 amide bonds. The van der Waals surface area contributed by atoms with Crippen molar-refractivity contribution >= 4 is 27.5 Å². The second-order valence-corrected chi connectivity index (χ2v) is 7.89. The summed E-state index contributed by atoms with van der Waals surface area (Å²) in [5.74, 6) is 0.779. The minimum Gasteiger partial charge on any atom is -0.393 e. The summed E-state index contributed by atoms with van der Waals surface area (Å²) in [6.45, 7) is 7.56. The van der Waals surface area contributed by atoms with Crippen molar-refractivity contribution in [1.82, 2.24) is 14.7 Å². The third kappa shape index (κ3) is 3.02. The molecule has 3 heterocycles. The molecule has 2 aromatic rings. The number of hydrogen-bond donors (Lipinski definition) is 1. The Morgan fingerprint density at radius 3 is 2.57 bits per heavy atom. The van der Waals surface area contributed by atoms with Gasteiger partial charge in [0.2, 0.25) is 0 Å². The molecule has 1 atom stereocenters. The maximum absolute atomic E-state index is 12.8. The van der Waals surface area contributed by atoms with Crippen molar-refractivity contribution in [2.24, 2.45) is 13.0 Å². The van der Waals surface area contributed by atoms with Gasteiger partial charge in [-0.3, -0.25) is 9.48 Å². The van der Waals surface area contributed by atoms with Gasteiger partial charge in [-0.15, -0.1) is 11.3 Å². The number of aliphatic hydroxyl groups is 1. The first kappa shape index (κ1) is 16.5. The molecule has 0 aromatic carbocycles. The summed E-state index contributed by atoms with van der Waals surface area (Å²) in [7, 11) is 1.94. The fraction of sp³-hybridized carbons (Fsp3) is 0.647. The van der Waals surface area contributed by atoms with Crippen LogP contribution in [0.15, 0.2) is 6.07 Å². The highest BCUT2D eigenvalue weighted by Gasteiger charge is 2.27. The average Bonchev–Trinajstić information content (AvgIpc) is 3.07. The van der Waals surface area contributed by atoms with E-state index in [-0.39, 0.29) is 12.0 Å². The van der Waals surface area contributed by atoms with Crippen molar-refractivity contribution in [3.05, 3.63) is 16.6 Å². The van der Waals surface area contributed by atoms with Gasteiger partial charge in [-0.05, 0) is 37.7 Å². The summed E-state index contributed by atoms with van der Waals surface area (Å²) in [6, 6.07) is 2.01. The molecule has 1 saturated heterocycles. The molecule has 2 aromatic heterocycles. The Kier molecular flexibility index (Phi) is 4.47. The van der Waals surface area contributed by atoms with Gasteiger partial charge >= 0.3 is 0 Å². The van der Waals surface area contributed by atoms with E-state index in [1.54, 1.807) is 0 Å². The Labute approximate surface area is 140 Å². The van der Waals surface area contributed by atoms with Crippen molar-refractivity contribution < 1.29 is 9.90 Å². The van der Waals surface area contributed by atoms with Crippen LogP contribution in [0.2, 0.25) is 0 Å². The second kappa shape index (κ2) is 6.24. The summed E-state index contributed by atoms with van der Waals surface area (Å²) in [4.78, 5) is 16.6. The number of hydrogen-bond acceptors (Lipinski definition) is 4. The first-order chi connectivity index (χ1) is 10.9. The van der Waals surface area contributed by atoms with E-state index in [0.29, 0.717) is 11.8 Å². The lowest BCUT2D eigenvalue weighted by molar-refractivity contribution is 0.0525. The molecule has 126 valence electrons. The van der Waals surface area contributed by atoms with Gasteiger partial charge < -0.3 is 10.0 Å². The van der Waals surface area contributed by atoms with Crippen LogP contribution in [0.4, 0.5) is 0 Å². The van der Waals surface area contributed by atoms with Gasteiger partial charge in [-0.25, -0.2) is 0 Å². The predicted molar refractivity (Wildman–Crippen MR) is 93.0 cm³/mol. The Morgan fingerprint density at radius 1 is 1.35 bits per heavy atom. The number of carbonyl (C=O) groups is 1. The van der Waals surface area contributed by atoms with Crippen LogP contribution in [0.5, 0.6) is 0 Å². The van der Waals surface area contributed by atoms with Gasteiger partial charge in [0, 0.05) is 25.5 Å². The number of likely N-dealkylation sites (tertiary alicyclic amines) is 1. The zero-order valence-corrected chi connectivity index (χ0v) is 15.1. The number of piperidine rings is 1. The minimum atomic E-state index is -0.281. The topological polar surface area (TPSA) is 58.4 Å². The normalized spacial score (nSPS) is 18.1. The Bertz CT molecular complexity index is 709. The summed E-state index contributed by atoms with van der Waals surface area (Å²) < 4.78 is 1.88. The summed E-state index contributed by atoms with van der Waals surface area (Å²) in [6.07, 6.45) is 1.48. The van der Waals surface area contributed by atoms with E-state index < -0.39 is 0 Å². The van der Waals surface area contributed by atoms with Crippen molar-refractivity contribution in [1.29, 1.82) is 0 Å². The van der Waals surface area contributed by atoms with Crippen LogP contribution < -0.4 is 0 Å². The van der Waals surface area contributed by atoms with Gasteiger partial charge in [0.1, 0.15) is 4.83 Å². The van der Waals surface area contributed by atoms with Gasteiger partial charge in [0.05, 0.1) is 16.7 Å². The van der Waals surface area contributed by atoms with Gasteiger partial charge in [0.25, 0.3) is 5.91 Å². The molecule has 5 nitrogen and oxygen atoms in total. The highest BCUT2D eigenvalue weighted by molar-refractivity contribution is 7.20. The number of carbonyl (C=O) groups excluding carboxylic acids is 1. The first-order valence-electron chi connectivity index (χ1n) is 8.32. The first-order valence-corrected chi connectivity index (χ1v) is 9.14. The van der Waals surface area contributed by atoms with Crippen molar-refractivity contribution in [2.75, 3.05) is 13.1 Å². The third-order valence-corrected chi connectivity index (χ3v) is 6.00. The highest BCUT2D eigenvalue weighted by atomic mass is 32.1. The molecule has 1 aliphatic rings. The number of fused-ring (bicyclic) bond motifs is 1. The van der Waals surface area contributed by atoms with Crippen molar-refractivity contribution in [3.63, 3.8) is 0 Å². The SMILES string of the molecule is CC(C)c1nn(C)c2sc(C(=O)N3CCC(C(C)O)CC3)cc12. The van der Waals surface area contributed by atoms with Gasteiger partial charge in [0.15, 0.2) is 0 Å². The molecule has 0 saturated carbocycles. The summed E-state index contributed by atoms with van der Waals surface area (Å²) >= 11 is 1.53. The van der Waals surface area contributed by atoms with E-state index in [4.69, 9.17) is 0 Å². The molecule has 0 aliphatic carbocycles. The number of amides is 1. The highest BCUT2D eigenvalue weighted by Crippen LogP contribution is 2.33. The number of thiophene rings is 1. The molecule has 1 fully saturated rings. The summed E-state index contributed by atoms with van der Waals surface area (Å²) in [5.41, 5.74) is 1.06. The largest absolute Gasteiger partial charge is 0.393 e. The molecular weight excluding hydrogens is 310 g/mol. The van der Waals surface area contributed by atoms with E-state index in [1.165, 1.54) is 11.3 Å². The zero-order chi connectivity index (χ0) is 16.7. The predicted octanol–water partition coefficient (Wildman–Crippen LogP) is 2.99. The lowest BCUT2D eigenvalue weighted by atomic mass is 9.92. The van der Waals surface area contributed by atoms with Crippen LogP contribution in [0.1, 0.15) is 54.9 Å². The molecule has 23 heavy (non-hydrogen) atoms. The maximum Gasteiger partial charge on any atom is 0.264 e. The minimum absolute atomic E-state index is 0.116. The molecule has 1 aliphatic heterocycles. The molecule has 0 spiro atoms. The fourth-order valence-corrected chi connectivity index (χ4v) is 4.39. The number of nitrogens with zero attached hydrogens (tertiary/aromatic N) is 3. The van der Waals surface area contributed by atoms with Crippen molar-refractivity contribution in [3.8, 4) is 0 Å². The molecule has 1 unspecified atom stereocenters. The molecule has 0 bridgehead atoms. The van der Waals surface area contributed by atoms with Crippen LogP contribution in [0, 0.1) is 5.92 Å². The Morgan fingerprint density at radius 2 is 2.00 bits per heavy atom. The molecule has 0 radical (unpaired) electrons. The standard InChI is InChI=1S/C17H25N3O2S/c1-10(2)15-13-9-14(23-17(13)19(4)18-15)16(22)20-7-5-12(6-8-20)11(3)21/h9-12,21H,5-8H2,1-4H3. The maximum atomic E-state index is 12.8. The third-order valence-electron chi connectivity index (χ3n) is 4.81. The molecule has 6 heteroatoms. The quantitative estimate of drug-likeness (QED) is 0.938. The van der Waals surface area contributed by atoms with Gasteiger partial charge in [-0.1, -0.05) is 13.8 Å².